The maximum Gasteiger partial charge on any atom is 0.416 e. The fourth-order valence-corrected chi connectivity index (χ4v) is 4.67. The first-order valence-electron chi connectivity index (χ1n) is 9.54. The minimum atomic E-state index is -4.32. The van der Waals surface area contributed by atoms with Crippen molar-refractivity contribution in [1.29, 1.82) is 0 Å². The normalized spacial score (nSPS) is 23.4. The Morgan fingerprint density at radius 1 is 1.19 bits per heavy atom. The second-order valence-electron chi connectivity index (χ2n) is 7.67. The molecule has 0 N–H and O–H groups in total. The van der Waals surface area contributed by atoms with Crippen LogP contribution >= 0.6 is 0 Å². The molecule has 1 aromatic rings. The van der Waals surface area contributed by atoms with Gasteiger partial charge in [-0.3, -0.25) is 4.90 Å². The highest BCUT2D eigenvalue weighted by Gasteiger charge is 2.38. The number of alkyl halides is 3. The fraction of sp³-hybridized carbons (Fsp3) is 0.700. The third kappa shape index (κ3) is 5.33. The highest BCUT2D eigenvalue weighted by Crippen LogP contribution is 2.38. The van der Waals surface area contributed by atoms with Crippen LogP contribution in [0, 0.1) is 0 Å². The lowest BCUT2D eigenvalue weighted by molar-refractivity contribution is -0.139. The topological polar surface area (TPSA) is 12.5 Å². The number of ether oxygens (including phenoxy) is 1. The van der Waals surface area contributed by atoms with Crippen molar-refractivity contribution in [2.75, 3.05) is 13.1 Å². The minimum absolute atomic E-state index is 0.0392. The van der Waals surface area contributed by atoms with Crippen LogP contribution in [0.5, 0.6) is 0 Å². The van der Waals surface area contributed by atoms with Crippen molar-refractivity contribution in [2.45, 2.75) is 77.6 Å². The first-order valence-corrected chi connectivity index (χ1v) is 12.0. The number of rotatable bonds is 6. The Bertz CT molecular complexity index is 581. The Labute approximate surface area is 157 Å². The Kier molecular flexibility index (Phi) is 7.33. The number of morpholine rings is 1. The summed E-state index contributed by atoms with van der Waals surface area (Å²) in [6.07, 6.45) is -1.60. The molecule has 2 rings (SSSR count). The van der Waals surface area contributed by atoms with Gasteiger partial charge in [-0.05, 0) is 31.9 Å². The number of hydrogen-bond acceptors (Lipinski definition) is 2. The van der Waals surface area contributed by atoms with Gasteiger partial charge < -0.3 is 4.74 Å². The van der Waals surface area contributed by atoms with Crippen molar-refractivity contribution in [3.8, 4) is 0 Å². The average Bonchev–Trinajstić information content (AvgIpc) is 2.53. The summed E-state index contributed by atoms with van der Waals surface area (Å²) < 4.78 is 47.1. The van der Waals surface area contributed by atoms with Crippen LogP contribution in [-0.4, -0.2) is 39.0 Å². The molecule has 1 aliphatic rings. The predicted octanol–water partition coefficient (Wildman–Crippen LogP) is 5.01. The molecular formula is C20H31F3NOSi. The lowest BCUT2D eigenvalue weighted by Crippen LogP contribution is -2.47. The maximum atomic E-state index is 13.7. The third-order valence-corrected chi connectivity index (χ3v) is 6.48. The van der Waals surface area contributed by atoms with Crippen molar-refractivity contribution in [1.82, 2.24) is 4.90 Å². The molecule has 3 atom stereocenters. The summed E-state index contributed by atoms with van der Waals surface area (Å²) in [5.74, 6) is 0. The average molecular weight is 387 g/mol. The summed E-state index contributed by atoms with van der Waals surface area (Å²) in [5.41, 5.74) is -0.0200. The van der Waals surface area contributed by atoms with E-state index in [1.54, 1.807) is 6.07 Å². The minimum Gasteiger partial charge on any atom is -0.373 e. The van der Waals surface area contributed by atoms with Crippen LogP contribution < -0.4 is 5.19 Å². The van der Waals surface area contributed by atoms with Gasteiger partial charge in [0.25, 0.3) is 0 Å². The second kappa shape index (κ2) is 8.89. The highest BCUT2D eigenvalue weighted by molar-refractivity contribution is 6.70. The van der Waals surface area contributed by atoms with Gasteiger partial charge in [-0.15, -0.1) is 0 Å². The molecular weight excluding hydrogens is 355 g/mol. The number of nitrogens with zero attached hydrogens (tertiary/aromatic N) is 1. The number of unbranched alkanes of at least 4 members (excludes halogenated alkanes) is 1. The molecule has 2 nitrogen and oxygen atoms in total. The van der Waals surface area contributed by atoms with Crippen LogP contribution in [0.25, 0.3) is 0 Å². The lowest BCUT2D eigenvalue weighted by atomic mass is 9.93. The van der Waals surface area contributed by atoms with Crippen LogP contribution in [0.3, 0.4) is 0 Å². The van der Waals surface area contributed by atoms with Gasteiger partial charge in [0.05, 0.1) is 26.6 Å². The standard InChI is InChI=1S/C20H31F3NOSi/c1-6-7-8-19(24-12-14(2)25-15(3)13-24)17-11-16(26(4)5)9-10-18(17)20(21,22)23/h9-11,14-15,19H,6-8,12-13H2,1-5H3. The molecule has 1 fully saturated rings. The molecule has 1 aromatic carbocycles. The largest absolute Gasteiger partial charge is 0.416 e. The summed E-state index contributed by atoms with van der Waals surface area (Å²) in [6.45, 7) is 11.7. The van der Waals surface area contributed by atoms with Gasteiger partial charge in [-0.25, -0.2) is 0 Å². The van der Waals surface area contributed by atoms with E-state index in [2.05, 4.69) is 24.9 Å². The number of benzene rings is 1. The van der Waals surface area contributed by atoms with Crippen molar-refractivity contribution < 1.29 is 17.9 Å². The molecule has 0 bridgehead atoms. The molecule has 1 saturated heterocycles. The molecule has 6 heteroatoms. The van der Waals surface area contributed by atoms with E-state index >= 15 is 0 Å². The fourth-order valence-electron chi connectivity index (χ4n) is 3.81. The molecule has 1 radical (unpaired) electrons. The van der Waals surface area contributed by atoms with E-state index in [1.807, 2.05) is 19.9 Å². The van der Waals surface area contributed by atoms with E-state index < -0.39 is 20.5 Å². The molecule has 1 heterocycles. The van der Waals surface area contributed by atoms with E-state index in [0.29, 0.717) is 18.7 Å². The summed E-state index contributed by atoms with van der Waals surface area (Å²) in [7, 11) is -0.811. The van der Waals surface area contributed by atoms with Crippen molar-refractivity contribution >= 4 is 14.0 Å². The van der Waals surface area contributed by atoms with Crippen LogP contribution in [0.1, 0.15) is 57.2 Å². The monoisotopic (exact) mass is 386 g/mol. The Morgan fingerprint density at radius 2 is 1.81 bits per heavy atom. The van der Waals surface area contributed by atoms with Gasteiger partial charge >= 0.3 is 6.18 Å². The molecule has 1 aliphatic heterocycles. The maximum absolute atomic E-state index is 13.7. The van der Waals surface area contributed by atoms with Gasteiger partial charge in [-0.1, -0.05) is 50.2 Å². The number of hydrogen-bond donors (Lipinski definition) is 0. The molecule has 0 spiro atoms. The van der Waals surface area contributed by atoms with Gasteiger partial charge in [0.15, 0.2) is 0 Å². The quantitative estimate of drug-likeness (QED) is 0.638. The summed E-state index contributed by atoms with van der Waals surface area (Å²) in [4.78, 5) is 2.21. The summed E-state index contributed by atoms with van der Waals surface area (Å²) in [5, 5.41) is 1.06. The molecule has 26 heavy (non-hydrogen) atoms. The zero-order valence-corrected chi connectivity index (χ0v) is 17.5. The summed E-state index contributed by atoms with van der Waals surface area (Å²) in [6, 6.07) is 4.60. The van der Waals surface area contributed by atoms with Gasteiger partial charge in [0.1, 0.15) is 0 Å². The van der Waals surface area contributed by atoms with E-state index in [4.69, 9.17) is 4.74 Å². The zero-order valence-electron chi connectivity index (χ0n) is 16.5. The van der Waals surface area contributed by atoms with Crippen LogP contribution in [0.2, 0.25) is 13.1 Å². The van der Waals surface area contributed by atoms with Gasteiger partial charge in [0.2, 0.25) is 0 Å². The van der Waals surface area contributed by atoms with Gasteiger partial charge in [-0.2, -0.15) is 13.2 Å². The predicted molar refractivity (Wildman–Crippen MR) is 102 cm³/mol. The van der Waals surface area contributed by atoms with Crippen molar-refractivity contribution in [2.24, 2.45) is 0 Å². The first kappa shape index (κ1) is 21.4. The van der Waals surface area contributed by atoms with E-state index in [0.717, 1.165) is 24.4 Å². The first-order chi connectivity index (χ1) is 12.1. The Morgan fingerprint density at radius 3 is 2.31 bits per heavy atom. The van der Waals surface area contributed by atoms with Gasteiger partial charge in [0, 0.05) is 19.1 Å². The van der Waals surface area contributed by atoms with Crippen LogP contribution in [-0.2, 0) is 10.9 Å². The molecule has 0 aromatic heterocycles. The molecule has 0 aliphatic carbocycles. The van der Waals surface area contributed by atoms with Crippen molar-refractivity contribution in [3.63, 3.8) is 0 Å². The van der Waals surface area contributed by atoms with E-state index in [-0.39, 0.29) is 18.2 Å². The molecule has 147 valence electrons. The Balaban J connectivity index is 2.49. The Hall–Kier alpha value is -0.853. The zero-order chi connectivity index (χ0) is 19.5. The van der Waals surface area contributed by atoms with Crippen molar-refractivity contribution in [3.05, 3.63) is 29.3 Å². The van der Waals surface area contributed by atoms with E-state index in [1.165, 1.54) is 6.07 Å². The highest BCUT2D eigenvalue weighted by atomic mass is 28.3. The third-order valence-electron chi connectivity index (χ3n) is 5.01. The second-order valence-corrected chi connectivity index (χ2v) is 10.2. The van der Waals surface area contributed by atoms with Crippen LogP contribution in [0.4, 0.5) is 13.2 Å². The van der Waals surface area contributed by atoms with E-state index in [9.17, 15) is 13.2 Å². The molecule has 0 amide bonds. The summed E-state index contributed by atoms with van der Waals surface area (Å²) >= 11 is 0. The lowest BCUT2D eigenvalue weighted by Gasteiger charge is -2.41. The van der Waals surface area contributed by atoms with Crippen LogP contribution in [0.15, 0.2) is 18.2 Å². The molecule has 0 saturated carbocycles. The SMILES string of the molecule is CCCCC(c1cc([Si](C)C)ccc1C(F)(F)F)N1CC(C)OC(C)C1. The molecule has 3 unspecified atom stereocenters. The number of halogens is 3. The smallest absolute Gasteiger partial charge is 0.373 e.